The maximum absolute atomic E-state index is 12.3. The summed E-state index contributed by atoms with van der Waals surface area (Å²) in [5.74, 6) is 0.108. The molecule has 2 bridgehead atoms. The fraction of sp³-hybridized carbons (Fsp3) is 0.680. The van der Waals surface area contributed by atoms with Crippen LogP contribution in [0.25, 0.3) is 0 Å². The van der Waals surface area contributed by atoms with Gasteiger partial charge in [-0.3, -0.25) is 4.79 Å². The molecular weight excluding hydrogens is 387 g/mol. The molecule has 1 saturated heterocycles. The lowest BCUT2D eigenvalue weighted by Crippen LogP contribution is -2.46. The van der Waals surface area contributed by atoms with E-state index in [1.165, 1.54) is 5.56 Å². The summed E-state index contributed by atoms with van der Waals surface area (Å²) in [7, 11) is -0.318. The molecule has 5 nitrogen and oxygen atoms in total. The van der Waals surface area contributed by atoms with Crippen molar-refractivity contribution in [3.05, 3.63) is 29.8 Å². The van der Waals surface area contributed by atoms with E-state index in [1.807, 2.05) is 0 Å². The van der Waals surface area contributed by atoms with E-state index < -0.39 is 0 Å². The Morgan fingerprint density at radius 1 is 1.00 bits per heavy atom. The SMILES string of the molecule is CC1(C)OB(c2ccc(C34CCC(CC(=O)NCCC#N)(CC3)CC4)cc2)OC1(C)C. The fourth-order valence-corrected chi connectivity index (χ4v) is 5.60. The van der Waals surface area contributed by atoms with E-state index >= 15 is 0 Å². The third-order valence-corrected chi connectivity index (χ3v) is 8.54. The van der Waals surface area contributed by atoms with Crippen LogP contribution in [0.3, 0.4) is 0 Å². The molecule has 0 atom stereocenters. The molecule has 3 aliphatic carbocycles. The van der Waals surface area contributed by atoms with E-state index in [-0.39, 0.29) is 35.1 Å². The first-order valence-electron chi connectivity index (χ1n) is 11.7. The van der Waals surface area contributed by atoms with Crippen LogP contribution < -0.4 is 10.8 Å². The largest absolute Gasteiger partial charge is 0.494 e. The van der Waals surface area contributed by atoms with Crippen molar-refractivity contribution in [3.63, 3.8) is 0 Å². The zero-order valence-corrected chi connectivity index (χ0v) is 19.4. The molecule has 166 valence electrons. The summed E-state index contributed by atoms with van der Waals surface area (Å²) in [4.78, 5) is 12.3. The fourth-order valence-electron chi connectivity index (χ4n) is 5.60. The van der Waals surface area contributed by atoms with Gasteiger partial charge in [0.05, 0.1) is 23.7 Å². The molecule has 1 amide bonds. The topological polar surface area (TPSA) is 71.3 Å². The molecule has 1 aromatic carbocycles. The van der Waals surface area contributed by atoms with Gasteiger partial charge in [-0.05, 0) is 88.1 Å². The Bertz CT molecular complexity index is 831. The van der Waals surface area contributed by atoms with Crippen molar-refractivity contribution in [2.75, 3.05) is 6.54 Å². The van der Waals surface area contributed by atoms with E-state index in [9.17, 15) is 4.79 Å². The molecule has 4 fully saturated rings. The molecule has 1 aromatic rings. The first kappa shape index (κ1) is 22.4. The second kappa shape index (κ2) is 7.94. The van der Waals surface area contributed by atoms with Crippen molar-refractivity contribution in [1.82, 2.24) is 5.32 Å². The van der Waals surface area contributed by atoms with Gasteiger partial charge in [0.2, 0.25) is 5.91 Å². The second-order valence-electron chi connectivity index (χ2n) is 10.9. The molecule has 1 aliphatic heterocycles. The quantitative estimate of drug-likeness (QED) is 0.556. The van der Waals surface area contributed by atoms with Crippen molar-refractivity contribution in [1.29, 1.82) is 5.26 Å². The van der Waals surface area contributed by atoms with Gasteiger partial charge < -0.3 is 14.6 Å². The first-order chi connectivity index (χ1) is 14.6. The van der Waals surface area contributed by atoms with Gasteiger partial charge in [0.15, 0.2) is 0 Å². The number of hydrogen-bond acceptors (Lipinski definition) is 4. The van der Waals surface area contributed by atoms with Gasteiger partial charge in [0.1, 0.15) is 0 Å². The van der Waals surface area contributed by atoms with E-state index in [2.05, 4.69) is 63.3 Å². The van der Waals surface area contributed by atoms with Gasteiger partial charge >= 0.3 is 7.12 Å². The molecule has 1 N–H and O–H groups in total. The predicted molar refractivity (Wildman–Crippen MR) is 122 cm³/mol. The molecule has 4 aliphatic rings. The maximum Gasteiger partial charge on any atom is 0.494 e. The van der Waals surface area contributed by atoms with E-state index in [4.69, 9.17) is 14.6 Å². The van der Waals surface area contributed by atoms with Gasteiger partial charge in [-0.15, -0.1) is 0 Å². The molecule has 0 spiro atoms. The minimum atomic E-state index is -0.327. The van der Waals surface area contributed by atoms with Crippen LogP contribution in [0.15, 0.2) is 24.3 Å². The molecule has 5 rings (SSSR count). The van der Waals surface area contributed by atoms with Crippen LogP contribution in [0.4, 0.5) is 0 Å². The van der Waals surface area contributed by atoms with Gasteiger partial charge in [0, 0.05) is 13.0 Å². The van der Waals surface area contributed by atoms with Crippen LogP contribution in [0.1, 0.15) is 84.6 Å². The van der Waals surface area contributed by atoms with E-state index in [0.717, 1.165) is 44.0 Å². The van der Waals surface area contributed by atoms with Crippen molar-refractivity contribution < 1.29 is 14.1 Å². The minimum absolute atomic E-state index is 0.108. The number of nitriles is 1. The number of benzene rings is 1. The van der Waals surface area contributed by atoms with Crippen molar-refractivity contribution in [3.8, 4) is 6.07 Å². The molecule has 0 aromatic heterocycles. The summed E-state index contributed by atoms with van der Waals surface area (Å²) in [6.07, 6.45) is 7.75. The smallest absolute Gasteiger partial charge is 0.399 e. The van der Waals surface area contributed by atoms with Crippen molar-refractivity contribution >= 4 is 18.5 Å². The molecule has 3 saturated carbocycles. The third-order valence-electron chi connectivity index (χ3n) is 8.54. The zero-order valence-electron chi connectivity index (χ0n) is 19.4. The summed E-state index contributed by atoms with van der Waals surface area (Å²) in [5.41, 5.74) is 2.24. The van der Waals surface area contributed by atoms with Gasteiger partial charge in [-0.25, -0.2) is 0 Å². The van der Waals surface area contributed by atoms with Gasteiger partial charge in [-0.1, -0.05) is 24.3 Å². The monoisotopic (exact) mass is 422 g/mol. The lowest BCUT2D eigenvalue weighted by molar-refractivity contribution is -0.125. The van der Waals surface area contributed by atoms with Crippen LogP contribution in [0, 0.1) is 16.7 Å². The maximum atomic E-state index is 12.3. The van der Waals surface area contributed by atoms with Crippen molar-refractivity contribution in [2.45, 2.75) is 95.7 Å². The third kappa shape index (κ3) is 4.15. The lowest BCUT2D eigenvalue weighted by atomic mass is 9.51. The highest BCUT2D eigenvalue weighted by Crippen LogP contribution is 2.59. The number of carbonyl (C=O) groups is 1. The Balaban J connectivity index is 1.39. The average Bonchev–Trinajstić information content (AvgIpc) is 2.96. The summed E-state index contributed by atoms with van der Waals surface area (Å²) >= 11 is 0. The number of hydrogen-bond donors (Lipinski definition) is 1. The van der Waals surface area contributed by atoms with Crippen molar-refractivity contribution in [2.24, 2.45) is 5.41 Å². The summed E-state index contributed by atoms with van der Waals surface area (Å²) in [5, 5.41) is 11.6. The highest BCUT2D eigenvalue weighted by atomic mass is 16.7. The van der Waals surface area contributed by atoms with Gasteiger partial charge in [0.25, 0.3) is 0 Å². The van der Waals surface area contributed by atoms with Gasteiger partial charge in [-0.2, -0.15) is 5.26 Å². The Morgan fingerprint density at radius 2 is 1.55 bits per heavy atom. The van der Waals surface area contributed by atoms with E-state index in [1.54, 1.807) is 0 Å². The van der Waals surface area contributed by atoms with Crippen LogP contribution in [0.5, 0.6) is 0 Å². The normalized spacial score (nSPS) is 30.7. The number of nitrogens with zero attached hydrogens (tertiary/aromatic N) is 1. The Morgan fingerprint density at radius 3 is 2.06 bits per heavy atom. The molecule has 6 heteroatoms. The lowest BCUT2D eigenvalue weighted by Gasteiger charge is -2.53. The highest BCUT2D eigenvalue weighted by molar-refractivity contribution is 6.62. The molecule has 31 heavy (non-hydrogen) atoms. The predicted octanol–water partition coefficient (Wildman–Crippen LogP) is 4.00. The van der Waals surface area contributed by atoms with Crippen LogP contribution >= 0.6 is 0 Å². The second-order valence-corrected chi connectivity index (χ2v) is 10.9. The Labute approximate surface area is 187 Å². The molecule has 0 unspecified atom stereocenters. The number of fused-ring (bicyclic) bond motifs is 3. The molecule has 1 heterocycles. The van der Waals surface area contributed by atoms with Crippen LogP contribution in [-0.2, 0) is 19.5 Å². The minimum Gasteiger partial charge on any atom is -0.399 e. The summed E-state index contributed by atoms with van der Waals surface area (Å²) < 4.78 is 12.4. The highest BCUT2D eigenvalue weighted by Gasteiger charge is 2.52. The number of carbonyl (C=O) groups excluding carboxylic acids is 1. The number of rotatable bonds is 6. The molecule has 0 radical (unpaired) electrons. The number of amides is 1. The summed E-state index contributed by atoms with van der Waals surface area (Å²) in [6, 6.07) is 11.0. The standard InChI is InChI=1S/C25H35BN2O3/c1-22(2)23(3,4)31-26(30-22)20-8-6-19(7-9-20)25-13-10-24(11-14-25,12-15-25)18-21(29)28-17-5-16-27/h6-9H,5,10-15,17-18H2,1-4H3,(H,28,29). The number of nitrogens with one attached hydrogen (secondary N) is 1. The van der Waals surface area contributed by atoms with E-state index in [0.29, 0.717) is 19.4 Å². The Hall–Kier alpha value is -1.84. The van der Waals surface area contributed by atoms with Crippen LogP contribution in [-0.4, -0.2) is 30.8 Å². The zero-order chi connectivity index (χ0) is 22.3. The summed E-state index contributed by atoms with van der Waals surface area (Å²) in [6.45, 7) is 8.80. The molecular formula is C25H35BN2O3. The Kier molecular flexibility index (Phi) is 5.73. The first-order valence-corrected chi connectivity index (χ1v) is 11.7. The van der Waals surface area contributed by atoms with Crippen LogP contribution in [0.2, 0.25) is 0 Å². The average molecular weight is 422 g/mol.